The third kappa shape index (κ3) is 3.88. The van der Waals surface area contributed by atoms with Gasteiger partial charge in [-0.25, -0.2) is 0 Å². The van der Waals surface area contributed by atoms with Crippen LogP contribution in [0.1, 0.15) is 41.6 Å². The van der Waals surface area contributed by atoms with Crippen molar-refractivity contribution in [3.05, 3.63) is 64.7 Å². The number of amides is 1. The summed E-state index contributed by atoms with van der Waals surface area (Å²) >= 11 is 0. The zero-order valence-electron chi connectivity index (χ0n) is 13.5. The van der Waals surface area contributed by atoms with E-state index in [-0.39, 0.29) is 11.9 Å². The quantitative estimate of drug-likeness (QED) is 0.827. The molecule has 0 radical (unpaired) electrons. The Labute approximate surface area is 132 Å². The van der Waals surface area contributed by atoms with Gasteiger partial charge in [0.1, 0.15) is 0 Å². The van der Waals surface area contributed by atoms with Crippen LogP contribution >= 0.6 is 0 Å². The number of nitrogens with two attached hydrogens (primary N) is 1. The fourth-order valence-electron chi connectivity index (χ4n) is 2.64. The summed E-state index contributed by atoms with van der Waals surface area (Å²) < 4.78 is 0. The minimum Gasteiger partial charge on any atom is -0.399 e. The average molecular weight is 296 g/mol. The lowest BCUT2D eigenvalue weighted by Crippen LogP contribution is -2.27. The molecular formula is C19H24N2O. The second kappa shape index (κ2) is 7.12. The van der Waals surface area contributed by atoms with Gasteiger partial charge in [-0.2, -0.15) is 0 Å². The number of nitrogens with one attached hydrogen (secondary N) is 1. The van der Waals surface area contributed by atoms with Gasteiger partial charge in [-0.15, -0.1) is 0 Å². The first-order chi connectivity index (χ1) is 10.5. The normalized spacial score (nSPS) is 12.0. The highest BCUT2D eigenvalue weighted by atomic mass is 16.1. The second-order valence-corrected chi connectivity index (χ2v) is 5.78. The van der Waals surface area contributed by atoms with Gasteiger partial charge in [-0.05, 0) is 55.5 Å². The molecule has 0 saturated carbocycles. The van der Waals surface area contributed by atoms with E-state index in [9.17, 15) is 4.79 Å². The summed E-state index contributed by atoms with van der Waals surface area (Å²) in [6, 6.07) is 13.9. The van der Waals surface area contributed by atoms with Crippen LogP contribution in [0.5, 0.6) is 0 Å². The predicted octanol–water partition coefficient (Wildman–Crippen LogP) is 3.70. The van der Waals surface area contributed by atoms with Crippen molar-refractivity contribution in [1.29, 1.82) is 0 Å². The third-order valence-corrected chi connectivity index (χ3v) is 4.17. The molecule has 1 amide bonds. The number of carbonyl (C=O) groups excluding carboxylic acids is 1. The summed E-state index contributed by atoms with van der Waals surface area (Å²) in [6.45, 7) is 6.21. The highest BCUT2D eigenvalue weighted by Gasteiger charge is 2.12. The SMILES string of the molecule is Cc1cccc(C(C)NC(=O)CCc2ccccc2N)c1C. The van der Waals surface area contributed by atoms with Crippen molar-refractivity contribution >= 4 is 11.6 Å². The molecule has 3 heteroatoms. The van der Waals surface area contributed by atoms with Crippen LogP contribution in [0.4, 0.5) is 5.69 Å². The number of para-hydroxylation sites is 1. The lowest BCUT2D eigenvalue weighted by atomic mass is 9.98. The Morgan fingerprint density at radius 1 is 1.14 bits per heavy atom. The van der Waals surface area contributed by atoms with Crippen LogP contribution in [0.3, 0.4) is 0 Å². The zero-order valence-corrected chi connectivity index (χ0v) is 13.5. The van der Waals surface area contributed by atoms with Gasteiger partial charge in [-0.1, -0.05) is 36.4 Å². The van der Waals surface area contributed by atoms with Gasteiger partial charge >= 0.3 is 0 Å². The fraction of sp³-hybridized carbons (Fsp3) is 0.316. The van der Waals surface area contributed by atoms with Gasteiger partial charge in [0.25, 0.3) is 0 Å². The Morgan fingerprint density at radius 3 is 2.59 bits per heavy atom. The van der Waals surface area contributed by atoms with Gasteiger partial charge in [0.05, 0.1) is 6.04 Å². The molecule has 1 atom stereocenters. The van der Waals surface area contributed by atoms with Gasteiger partial charge in [-0.3, -0.25) is 4.79 Å². The molecule has 0 saturated heterocycles. The number of nitrogen functional groups attached to an aromatic ring is 1. The molecule has 1 unspecified atom stereocenters. The van der Waals surface area contributed by atoms with E-state index in [1.807, 2.05) is 37.3 Å². The first-order valence-corrected chi connectivity index (χ1v) is 7.68. The monoisotopic (exact) mass is 296 g/mol. The largest absolute Gasteiger partial charge is 0.399 e. The molecule has 2 rings (SSSR count). The van der Waals surface area contributed by atoms with Gasteiger partial charge < -0.3 is 11.1 Å². The maximum absolute atomic E-state index is 12.2. The van der Waals surface area contributed by atoms with Gasteiger partial charge in [0.15, 0.2) is 0 Å². The van der Waals surface area contributed by atoms with Crippen molar-refractivity contribution < 1.29 is 4.79 Å². The van der Waals surface area contributed by atoms with Crippen LogP contribution in [-0.2, 0) is 11.2 Å². The molecule has 3 nitrogen and oxygen atoms in total. The standard InChI is InChI=1S/C19H24N2O/c1-13-7-6-9-17(14(13)2)15(3)21-19(22)12-11-16-8-4-5-10-18(16)20/h4-10,15H,11-12,20H2,1-3H3,(H,21,22). The third-order valence-electron chi connectivity index (χ3n) is 4.17. The van der Waals surface area contributed by atoms with E-state index in [1.54, 1.807) is 0 Å². The molecule has 0 aliphatic heterocycles. The molecule has 2 aromatic carbocycles. The number of benzene rings is 2. The highest BCUT2D eigenvalue weighted by molar-refractivity contribution is 5.77. The van der Waals surface area contributed by atoms with E-state index in [2.05, 4.69) is 31.3 Å². The maximum Gasteiger partial charge on any atom is 0.220 e. The second-order valence-electron chi connectivity index (χ2n) is 5.78. The minimum atomic E-state index is 0.0144. The van der Waals surface area contributed by atoms with Crippen molar-refractivity contribution in [2.24, 2.45) is 0 Å². The smallest absolute Gasteiger partial charge is 0.220 e. The van der Waals surface area contributed by atoms with E-state index < -0.39 is 0 Å². The van der Waals surface area contributed by atoms with Crippen molar-refractivity contribution in [3.63, 3.8) is 0 Å². The number of aryl methyl sites for hydroxylation is 2. The lowest BCUT2D eigenvalue weighted by molar-refractivity contribution is -0.121. The van der Waals surface area contributed by atoms with Crippen molar-refractivity contribution in [2.45, 2.75) is 39.7 Å². The molecule has 0 bridgehead atoms. The first kappa shape index (κ1) is 16.1. The summed E-state index contributed by atoms with van der Waals surface area (Å²) in [5, 5.41) is 3.07. The molecule has 22 heavy (non-hydrogen) atoms. The molecule has 3 N–H and O–H groups in total. The van der Waals surface area contributed by atoms with Crippen LogP contribution in [0.2, 0.25) is 0 Å². The topological polar surface area (TPSA) is 55.1 Å². The first-order valence-electron chi connectivity index (χ1n) is 7.68. The molecule has 0 aliphatic rings. The predicted molar refractivity (Wildman–Crippen MR) is 91.6 cm³/mol. The molecular weight excluding hydrogens is 272 g/mol. The summed E-state index contributed by atoms with van der Waals surface area (Å²) in [5.41, 5.74) is 11.3. The van der Waals surface area contributed by atoms with Gasteiger partial charge in [0, 0.05) is 12.1 Å². The Kier molecular flexibility index (Phi) is 5.21. The molecule has 0 heterocycles. The Balaban J connectivity index is 1.94. The summed E-state index contributed by atoms with van der Waals surface area (Å²) in [4.78, 5) is 12.2. The zero-order chi connectivity index (χ0) is 16.1. The Bertz CT molecular complexity index is 664. The molecule has 116 valence electrons. The fourth-order valence-corrected chi connectivity index (χ4v) is 2.64. The summed E-state index contributed by atoms with van der Waals surface area (Å²) in [7, 11) is 0. The molecule has 0 aromatic heterocycles. The van der Waals surface area contributed by atoms with E-state index in [4.69, 9.17) is 5.73 Å². The van der Waals surface area contributed by atoms with E-state index in [1.165, 1.54) is 16.7 Å². The summed E-state index contributed by atoms with van der Waals surface area (Å²) in [6.07, 6.45) is 1.11. The van der Waals surface area contributed by atoms with Crippen molar-refractivity contribution in [2.75, 3.05) is 5.73 Å². The number of rotatable bonds is 5. The number of hydrogen-bond donors (Lipinski definition) is 2. The summed E-state index contributed by atoms with van der Waals surface area (Å²) in [5.74, 6) is 0.0525. The molecule has 0 fully saturated rings. The van der Waals surface area contributed by atoms with E-state index in [0.717, 1.165) is 11.3 Å². The van der Waals surface area contributed by atoms with Crippen LogP contribution in [-0.4, -0.2) is 5.91 Å². The van der Waals surface area contributed by atoms with Crippen molar-refractivity contribution in [3.8, 4) is 0 Å². The number of anilines is 1. The van der Waals surface area contributed by atoms with E-state index >= 15 is 0 Å². The molecule has 0 spiro atoms. The molecule has 2 aromatic rings. The van der Waals surface area contributed by atoms with Gasteiger partial charge in [0.2, 0.25) is 5.91 Å². The van der Waals surface area contributed by atoms with Crippen molar-refractivity contribution in [1.82, 2.24) is 5.32 Å². The van der Waals surface area contributed by atoms with Crippen LogP contribution in [0.25, 0.3) is 0 Å². The molecule has 0 aliphatic carbocycles. The average Bonchev–Trinajstić information content (AvgIpc) is 2.49. The highest BCUT2D eigenvalue weighted by Crippen LogP contribution is 2.20. The number of carbonyl (C=O) groups is 1. The lowest BCUT2D eigenvalue weighted by Gasteiger charge is -2.18. The maximum atomic E-state index is 12.2. The Hall–Kier alpha value is -2.29. The Morgan fingerprint density at radius 2 is 1.86 bits per heavy atom. The minimum absolute atomic E-state index is 0.0144. The van der Waals surface area contributed by atoms with Crippen LogP contribution < -0.4 is 11.1 Å². The van der Waals surface area contributed by atoms with Crippen LogP contribution in [0, 0.1) is 13.8 Å². The van der Waals surface area contributed by atoms with E-state index in [0.29, 0.717) is 12.8 Å². The van der Waals surface area contributed by atoms with Crippen LogP contribution in [0.15, 0.2) is 42.5 Å². The number of hydrogen-bond acceptors (Lipinski definition) is 2.